The lowest BCUT2D eigenvalue weighted by Gasteiger charge is -2.39. The third-order valence-electron chi connectivity index (χ3n) is 5.29. The van der Waals surface area contributed by atoms with Crippen LogP contribution in [0.3, 0.4) is 0 Å². The van der Waals surface area contributed by atoms with Crippen LogP contribution in [0.2, 0.25) is 0 Å². The summed E-state index contributed by atoms with van der Waals surface area (Å²) in [5.41, 5.74) is 1.75. The topological polar surface area (TPSA) is 0 Å². The molecule has 0 N–H and O–H groups in total. The van der Waals surface area contributed by atoms with Crippen LogP contribution in [0.5, 0.6) is 0 Å². The Labute approximate surface area is 130 Å². The number of hydrogen-bond donors (Lipinski definition) is 0. The fraction of sp³-hybridized carbons (Fsp3) is 0.476. The second-order valence-corrected chi connectivity index (χ2v) is 6.53. The number of allylic oxidation sites excluding steroid dienone is 4. The van der Waals surface area contributed by atoms with Gasteiger partial charge in [0, 0.05) is 0 Å². The van der Waals surface area contributed by atoms with E-state index in [2.05, 4.69) is 74.9 Å². The van der Waals surface area contributed by atoms with Gasteiger partial charge in [-0.3, -0.25) is 0 Å². The summed E-state index contributed by atoms with van der Waals surface area (Å²) >= 11 is 0. The molecule has 1 saturated carbocycles. The van der Waals surface area contributed by atoms with Crippen molar-refractivity contribution in [1.29, 1.82) is 0 Å². The van der Waals surface area contributed by atoms with E-state index in [1.807, 2.05) is 0 Å². The molecule has 110 valence electrons. The first-order valence-corrected chi connectivity index (χ1v) is 8.49. The molecule has 3 rings (SSSR count). The smallest absolute Gasteiger partial charge is 0.000579 e. The van der Waals surface area contributed by atoms with Crippen molar-refractivity contribution in [1.82, 2.24) is 0 Å². The molecule has 0 amide bonds. The van der Waals surface area contributed by atoms with Crippen molar-refractivity contribution >= 4 is 0 Å². The SMILES string of the molecule is CCCC1C(c2ccccc2)[C]C2C=CC=CC21CCC. The Balaban J connectivity index is 1.99. The molecule has 0 aromatic heterocycles. The Kier molecular flexibility index (Phi) is 4.33. The fourth-order valence-electron chi connectivity index (χ4n) is 4.47. The molecule has 2 radical (unpaired) electrons. The van der Waals surface area contributed by atoms with Gasteiger partial charge in [0.2, 0.25) is 0 Å². The van der Waals surface area contributed by atoms with Gasteiger partial charge in [-0.15, -0.1) is 0 Å². The van der Waals surface area contributed by atoms with Gasteiger partial charge in [-0.05, 0) is 48.0 Å². The first kappa shape index (κ1) is 14.6. The fourth-order valence-corrected chi connectivity index (χ4v) is 4.47. The largest absolute Gasteiger partial charge is 0.0799 e. The van der Waals surface area contributed by atoms with Crippen LogP contribution in [0, 0.1) is 23.7 Å². The summed E-state index contributed by atoms with van der Waals surface area (Å²) in [6.45, 7) is 4.63. The highest BCUT2D eigenvalue weighted by Gasteiger charge is 2.52. The van der Waals surface area contributed by atoms with Crippen LogP contribution in [0.4, 0.5) is 0 Å². The first-order valence-electron chi connectivity index (χ1n) is 8.49. The van der Waals surface area contributed by atoms with Gasteiger partial charge >= 0.3 is 0 Å². The summed E-state index contributed by atoms with van der Waals surface area (Å²) in [5.74, 6) is 1.66. The van der Waals surface area contributed by atoms with Crippen LogP contribution in [-0.2, 0) is 0 Å². The maximum absolute atomic E-state index is 3.93. The summed E-state index contributed by atoms with van der Waals surface area (Å²) in [4.78, 5) is 0. The highest BCUT2D eigenvalue weighted by Crippen LogP contribution is 2.60. The lowest BCUT2D eigenvalue weighted by Crippen LogP contribution is -2.31. The van der Waals surface area contributed by atoms with Gasteiger partial charge in [0.15, 0.2) is 0 Å². The van der Waals surface area contributed by atoms with E-state index in [0.717, 1.165) is 0 Å². The van der Waals surface area contributed by atoms with E-state index in [4.69, 9.17) is 0 Å². The zero-order chi connectivity index (χ0) is 14.7. The Bertz CT molecular complexity index is 510. The zero-order valence-electron chi connectivity index (χ0n) is 13.3. The Morgan fingerprint density at radius 3 is 2.57 bits per heavy atom. The van der Waals surface area contributed by atoms with Gasteiger partial charge in [-0.25, -0.2) is 0 Å². The number of hydrogen-bond acceptors (Lipinski definition) is 0. The summed E-state index contributed by atoms with van der Waals surface area (Å²) in [6, 6.07) is 11.0. The van der Waals surface area contributed by atoms with E-state index in [1.54, 1.807) is 0 Å². The number of benzene rings is 1. The number of rotatable bonds is 5. The molecule has 0 heteroatoms. The lowest BCUT2D eigenvalue weighted by molar-refractivity contribution is 0.190. The summed E-state index contributed by atoms with van der Waals surface area (Å²) < 4.78 is 0. The monoisotopic (exact) mass is 278 g/mol. The molecule has 0 spiro atoms. The summed E-state index contributed by atoms with van der Waals surface area (Å²) in [5, 5.41) is 0. The molecule has 0 saturated heterocycles. The highest BCUT2D eigenvalue weighted by atomic mass is 14.6. The average molecular weight is 278 g/mol. The molecule has 1 aromatic carbocycles. The van der Waals surface area contributed by atoms with Crippen molar-refractivity contribution in [2.75, 3.05) is 0 Å². The molecule has 0 aliphatic heterocycles. The van der Waals surface area contributed by atoms with E-state index in [1.165, 1.54) is 31.2 Å². The van der Waals surface area contributed by atoms with Crippen molar-refractivity contribution in [3.63, 3.8) is 0 Å². The van der Waals surface area contributed by atoms with Gasteiger partial charge in [0.05, 0.1) is 0 Å². The van der Waals surface area contributed by atoms with Crippen LogP contribution in [0.15, 0.2) is 54.6 Å². The molecule has 2 aliphatic carbocycles. The average Bonchev–Trinajstić information content (AvgIpc) is 2.84. The van der Waals surface area contributed by atoms with Crippen LogP contribution < -0.4 is 0 Å². The molecule has 1 aromatic rings. The normalized spacial score (nSPS) is 34.1. The molecule has 21 heavy (non-hydrogen) atoms. The van der Waals surface area contributed by atoms with Crippen LogP contribution >= 0.6 is 0 Å². The quantitative estimate of drug-likeness (QED) is 0.637. The molecule has 0 nitrogen and oxygen atoms in total. The Hall–Kier alpha value is -1.30. The van der Waals surface area contributed by atoms with Crippen LogP contribution in [0.1, 0.15) is 51.0 Å². The Morgan fingerprint density at radius 1 is 1.05 bits per heavy atom. The second-order valence-electron chi connectivity index (χ2n) is 6.53. The molecule has 0 bridgehead atoms. The molecule has 0 heterocycles. The maximum atomic E-state index is 3.93. The van der Waals surface area contributed by atoms with E-state index in [0.29, 0.717) is 23.2 Å². The van der Waals surface area contributed by atoms with E-state index >= 15 is 0 Å². The van der Waals surface area contributed by atoms with Crippen molar-refractivity contribution in [2.24, 2.45) is 17.3 Å². The molecular formula is C21H26. The molecule has 2 aliphatic rings. The van der Waals surface area contributed by atoms with Crippen molar-refractivity contribution in [2.45, 2.75) is 45.4 Å². The van der Waals surface area contributed by atoms with Crippen LogP contribution in [-0.4, -0.2) is 0 Å². The van der Waals surface area contributed by atoms with Gasteiger partial charge in [0.1, 0.15) is 0 Å². The molecule has 4 atom stereocenters. The van der Waals surface area contributed by atoms with E-state index in [9.17, 15) is 0 Å². The maximum Gasteiger partial charge on any atom is -0.000579 e. The lowest BCUT2D eigenvalue weighted by atomic mass is 9.64. The minimum Gasteiger partial charge on any atom is -0.0799 e. The predicted molar refractivity (Wildman–Crippen MR) is 89.9 cm³/mol. The predicted octanol–water partition coefficient (Wildman–Crippen LogP) is 5.81. The van der Waals surface area contributed by atoms with Crippen LogP contribution in [0.25, 0.3) is 0 Å². The minimum atomic E-state index is 0.306. The number of fused-ring (bicyclic) bond motifs is 1. The summed E-state index contributed by atoms with van der Waals surface area (Å²) in [6.07, 6.45) is 18.4. The molecular weight excluding hydrogens is 252 g/mol. The third-order valence-corrected chi connectivity index (χ3v) is 5.29. The van der Waals surface area contributed by atoms with Crippen molar-refractivity contribution < 1.29 is 0 Å². The Morgan fingerprint density at radius 2 is 1.86 bits per heavy atom. The van der Waals surface area contributed by atoms with Gasteiger partial charge in [-0.2, -0.15) is 0 Å². The zero-order valence-corrected chi connectivity index (χ0v) is 13.3. The van der Waals surface area contributed by atoms with Crippen molar-refractivity contribution in [3.05, 3.63) is 66.6 Å². The second kappa shape index (κ2) is 6.22. The minimum absolute atomic E-state index is 0.306. The molecule has 4 unspecified atom stereocenters. The van der Waals surface area contributed by atoms with Gasteiger partial charge in [-0.1, -0.05) is 81.3 Å². The van der Waals surface area contributed by atoms with Gasteiger partial charge < -0.3 is 0 Å². The standard InChI is InChI=1S/C21H26/c1-3-10-20-19(17-11-6-5-7-12-17)16-18-13-8-9-15-21(18,20)14-4-2/h5-9,11-13,15,18-20H,3-4,10,14H2,1-2H3. The van der Waals surface area contributed by atoms with E-state index < -0.39 is 0 Å². The summed E-state index contributed by atoms with van der Waals surface area (Å²) in [7, 11) is 0. The third kappa shape index (κ3) is 2.50. The van der Waals surface area contributed by atoms with Gasteiger partial charge in [0.25, 0.3) is 0 Å². The molecule has 1 fully saturated rings. The first-order chi connectivity index (χ1) is 10.3. The van der Waals surface area contributed by atoms with Crippen molar-refractivity contribution in [3.8, 4) is 0 Å². The van der Waals surface area contributed by atoms with E-state index in [-0.39, 0.29) is 0 Å². The highest BCUT2D eigenvalue weighted by molar-refractivity contribution is 5.36.